The lowest BCUT2D eigenvalue weighted by molar-refractivity contribution is 0.0696. The van der Waals surface area contributed by atoms with Gasteiger partial charge in [-0.2, -0.15) is 5.10 Å². The number of carboxylic acid groups (broad SMARTS) is 1. The fraction of sp³-hybridized carbons (Fsp3) is 0.267. The quantitative estimate of drug-likeness (QED) is 0.842. The number of aromatic carboxylic acids is 1. The highest BCUT2D eigenvalue weighted by atomic mass is 16.4. The van der Waals surface area contributed by atoms with E-state index in [-0.39, 0.29) is 11.5 Å². The van der Waals surface area contributed by atoms with Gasteiger partial charge < -0.3 is 15.3 Å². The lowest BCUT2D eigenvalue weighted by Gasteiger charge is -2.08. The Morgan fingerprint density at radius 3 is 2.41 bits per heavy atom. The van der Waals surface area contributed by atoms with E-state index in [1.807, 2.05) is 19.0 Å². The first kappa shape index (κ1) is 15.7. The van der Waals surface area contributed by atoms with Crippen molar-refractivity contribution in [2.45, 2.75) is 6.54 Å². The van der Waals surface area contributed by atoms with Crippen molar-refractivity contribution in [3.8, 4) is 0 Å². The maximum absolute atomic E-state index is 12.1. The van der Waals surface area contributed by atoms with Gasteiger partial charge in [0.2, 0.25) is 0 Å². The number of hydrogen-bond donors (Lipinski definition) is 2. The van der Waals surface area contributed by atoms with E-state index in [1.54, 1.807) is 16.9 Å². The average Bonchev–Trinajstić information content (AvgIpc) is 2.92. The number of carbonyl (C=O) groups is 2. The van der Waals surface area contributed by atoms with Crippen LogP contribution in [-0.2, 0) is 6.54 Å². The predicted octanol–water partition coefficient (Wildman–Crippen LogP) is 1.40. The van der Waals surface area contributed by atoms with Crippen molar-refractivity contribution in [2.75, 3.05) is 26.0 Å². The second-order valence-electron chi connectivity index (χ2n) is 5.10. The molecule has 1 aromatic carbocycles. The topological polar surface area (TPSA) is 87.5 Å². The van der Waals surface area contributed by atoms with Crippen molar-refractivity contribution in [3.05, 3.63) is 47.7 Å². The van der Waals surface area contributed by atoms with E-state index in [0.29, 0.717) is 11.4 Å². The lowest BCUT2D eigenvalue weighted by Crippen LogP contribution is -2.19. The molecule has 1 amide bonds. The van der Waals surface area contributed by atoms with E-state index in [2.05, 4.69) is 10.4 Å². The highest BCUT2D eigenvalue weighted by Crippen LogP contribution is 2.08. The van der Waals surface area contributed by atoms with E-state index in [1.165, 1.54) is 24.3 Å². The molecule has 0 aliphatic rings. The van der Waals surface area contributed by atoms with Gasteiger partial charge in [-0.1, -0.05) is 0 Å². The third-order valence-corrected chi connectivity index (χ3v) is 3.05. The fourth-order valence-corrected chi connectivity index (χ4v) is 1.81. The Hall–Kier alpha value is -2.67. The summed E-state index contributed by atoms with van der Waals surface area (Å²) >= 11 is 0. The second-order valence-corrected chi connectivity index (χ2v) is 5.10. The molecule has 0 aliphatic carbocycles. The SMILES string of the molecule is CN(C)CCn1ccc(NC(=O)c2ccc(C(=O)O)cc2)n1. The summed E-state index contributed by atoms with van der Waals surface area (Å²) in [7, 11) is 3.96. The summed E-state index contributed by atoms with van der Waals surface area (Å²) in [5.41, 5.74) is 0.525. The number of nitrogens with zero attached hydrogens (tertiary/aromatic N) is 3. The van der Waals surface area contributed by atoms with Crippen LogP contribution in [0, 0.1) is 0 Å². The Kier molecular flexibility index (Phi) is 4.90. The number of carbonyl (C=O) groups excluding carboxylic acids is 1. The van der Waals surface area contributed by atoms with Gasteiger partial charge in [-0.25, -0.2) is 4.79 Å². The molecule has 1 heterocycles. The van der Waals surface area contributed by atoms with Crippen molar-refractivity contribution in [2.24, 2.45) is 0 Å². The Morgan fingerprint density at radius 1 is 1.18 bits per heavy atom. The van der Waals surface area contributed by atoms with Crippen LogP contribution in [-0.4, -0.2) is 52.3 Å². The van der Waals surface area contributed by atoms with Crippen molar-refractivity contribution in [1.82, 2.24) is 14.7 Å². The minimum atomic E-state index is -1.02. The van der Waals surface area contributed by atoms with E-state index in [0.717, 1.165) is 13.1 Å². The zero-order chi connectivity index (χ0) is 16.1. The molecule has 7 nitrogen and oxygen atoms in total. The van der Waals surface area contributed by atoms with Crippen LogP contribution in [0.2, 0.25) is 0 Å². The average molecular weight is 302 g/mol. The van der Waals surface area contributed by atoms with Gasteiger partial charge in [0.1, 0.15) is 0 Å². The van der Waals surface area contributed by atoms with Crippen molar-refractivity contribution >= 4 is 17.7 Å². The molecule has 0 fully saturated rings. The molecule has 2 rings (SSSR count). The first-order chi connectivity index (χ1) is 10.5. The molecule has 2 aromatic rings. The number of nitrogens with one attached hydrogen (secondary N) is 1. The van der Waals surface area contributed by atoms with Gasteiger partial charge >= 0.3 is 5.97 Å². The van der Waals surface area contributed by atoms with Crippen molar-refractivity contribution < 1.29 is 14.7 Å². The lowest BCUT2D eigenvalue weighted by atomic mass is 10.1. The smallest absolute Gasteiger partial charge is 0.335 e. The second kappa shape index (κ2) is 6.86. The molecule has 0 atom stereocenters. The van der Waals surface area contributed by atoms with E-state index in [9.17, 15) is 9.59 Å². The molecular formula is C15H18N4O3. The third-order valence-electron chi connectivity index (χ3n) is 3.05. The summed E-state index contributed by atoms with van der Waals surface area (Å²) in [4.78, 5) is 24.9. The number of amides is 1. The van der Waals surface area contributed by atoms with Crippen LogP contribution >= 0.6 is 0 Å². The minimum absolute atomic E-state index is 0.143. The van der Waals surface area contributed by atoms with E-state index in [4.69, 9.17) is 5.11 Å². The van der Waals surface area contributed by atoms with Crippen LogP contribution in [0.15, 0.2) is 36.5 Å². The third kappa shape index (κ3) is 4.16. The molecule has 2 N–H and O–H groups in total. The monoisotopic (exact) mass is 302 g/mol. The molecule has 0 unspecified atom stereocenters. The van der Waals surface area contributed by atoms with Gasteiger partial charge in [-0.15, -0.1) is 0 Å². The summed E-state index contributed by atoms with van der Waals surface area (Å²) in [6.07, 6.45) is 1.80. The van der Waals surface area contributed by atoms with Gasteiger partial charge in [-0.3, -0.25) is 9.48 Å². The molecule has 0 bridgehead atoms. The number of anilines is 1. The summed E-state index contributed by atoms with van der Waals surface area (Å²) in [5, 5.41) is 15.8. The summed E-state index contributed by atoms with van der Waals surface area (Å²) in [6.45, 7) is 1.59. The van der Waals surface area contributed by atoms with Crippen LogP contribution in [0.4, 0.5) is 5.82 Å². The molecule has 22 heavy (non-hydrogen) atoms. The summed E-state index contributed by atoms with van der Waals surface area (Å²) in [5.74, 6) is -0.882. The van der Waals surface area contributed by atoms with E-state index >= 15 is 0 Å². The Labute approximate surface area is 128 Å². The number of carboxylic acids is 1. The molecule has 116 valence electrons. The standard InChI is InChI=1S/C15H18N4O3/c1-18(2)9-10-19-8-7-13(17-19)16-14(20)11-3-5-12(6-4-11)15(21)22/h3-8H,9-10H2,1-2H3,(H,21,22)(H,16,17,20). The highest BCUT2D eigenvalue weighted by molar-refractivity contribution is 6.04. The van der Waals surface area contributed by atoms with Gasteiger partial charge in [-0.05, 0) is 38.4 Å². The molecule has 0 saturated carbocycles. The maximum atomic E-state index is 12.1. The van der Waals surface area contributed by atoms with Gasteiger partial charge in [0, 0.05) is 24.4 Å². The number of likely N-dealkylation sites (N-methyl/N-ethyl adjacent to an activating group) is 1. The van der Waals surface area contributed by atoms with Crippen LogP contribution in [0.5, 0.6) is 0 Å². The van der Waals surface area contributed by atoms with Gasteiger partial charge in [0.15, 0.2) is 5.82 Å². The van der Waals surface area contributed by atoms with Crippen molar-refractivity contribution in [1.29, 1.82) is 0 Å². The van der Waals surface area contributed by atoms with Gasteiger partial charge in [0.05, 0.1) is 12.1 Å². The zero-order valence-corrected chi connectivity index (χ0v) is 12.5. The molecule has 0 saturated heterocycles. The Balaban J connectivity index is 1.98. The van der Waals surface area contributed by atoms with Crippen LogP contribution in [0.25, 0.3) is 0 Å². The summed E-state index contributed by atoms with van der Waals surface area (Å²) < 4.78 is 1.75. The van der Waals surface area contributed by atoms with Crippen LogP contribution < -0.4 is 5.32 Å². The van der Waals surface area contributed by atoms with Gasteiger partial charge in [0.25, 0.3) is 5.91 Å². The molecule has 0 radical (unpaired) electrons. The number of benzene rings is 1. The first-order valence-corrected chi connectivity index (χ1v) is 6.78. The maximum Gasteiger partial charge on any atom is 0.335 e. The Bertz CT molecular complexity index is 662. The number of aromatic nitrogens is 2. The number of rotatable bonds is 6. The zero-order valence-electron chi connectivity index (χ0n) is 12.5. The van der Waals surface area contributed by atoms with Crippen LogP contribution in [0.3, 0.4) is 0 Å². The minimum Gasteiger partial charge on any atom is -0.478 e. The van der Waals surface area contributed by atoms with Crippen LogP contribution in [0.1, 0.15) is 20.7 Å². The largest absolute Gasteiger partial charge is 0.478 e. The number of hydrogen-bond acceptors (Lipinski definition) is 4. The highest BCUT2D eigenvalue weighted by Gasteiger charge is 2.09. The first-order valence-electron chi connectivity index (χ1n) is 6.78. The molecule has 1 aromatic heterocycles. The normalized spacial score (nSPS) is 10.7. The molecule has 7 heteroatoms. The van der Waals surface area contributed by atoms with Crippen molar-refractivity contribution in [3.63, 3.8) is 0 Å². The fourth-order valence-electron chi connectivity index (χ4n) is 1.81. The predicted molar refractivity (Wildman–Crippen MR) is 82.1 cm³/mol. The summed E-state index contributed by atoms with van der Waals surface area (Å²) in [6, 6.07) is 7.46. The molecule has 0 spiro atoms. The molecule has 0 aliphatic heterocycles. The Morgan fingerprint density at radius 2 is 1.82 bits per heavy atom. The molecular weight excluding hydrogens is 284 g/mol. The van der Waals surface area contributed by atoms with E-state index < -0.39 is 5.97 Å².